The zero-order valence-corrected chi connectivity index (χ0v) is 7.47. The van der Waals surface area contributed by atoms with Crippen molar-refractivity contribution in [3.63, 3.8) is 0 Å². The lowest BCUT2D eigenvalue weighted by Gasteiger charge is -2.12. The molecule has 0 aromatic heterocycles. The quantitative estimate of drug-likeness (QED) is 0.643. The summed E-state index contributed by atoms with van der Waals surface area (Å²) in [6, 6.07) is 1.15. The van der Waals surface area contributed by atoms with Gasteiger partial charge >= 0.3 is 0 Å². The van der Waals surface area contributed by atoms with Crippen LogP contribution in [0.4, 0.5) is 0 Å². The summed E-state index contributed by atoms with van der Waals surface area (Å²) in [5.74, 6) is 0. The van der Waals surface area contributed by atoms with Crippen LogP contribution in [0.25, 0.3) is 0 Å². The van der Waals surface area contributed by atoms with Crippen LogP contribution in [0.5, 0.6) is 0 Å². The molecule has 0 aromatic carbocycles. The highest BCUT2D eigenvalue weighted by Gasteiger charge is 2.13. The Labute approximate surface area is 69.5 Å². The van der Waals surface area contributed by atoms with Gasteiger partial charge in [0, 0.05) is 12.1 Å². The Morgan fingerprint density at radius 3 is 2.64 bits per heavy atom. The maximum Gasteiger partial charge on any atom is 0.00670 e. The van der Waals surface area contributed by atoms with Gasteiger partial charge in [0.15, 0.2) is 0 Å². The van der Waals surface area contributed by atoms with Gasteiger partial charge in [0.25, 0.3) is 0 Å². The fraction of sp³-hybridized carbons (Fsp3) is 1.00. The topological polar surface area (TPSA) is 38.0 Å². The first-order chi connectivity index (χ1) is 5.29. The van der Waals surface area contributed by atoms with Crippen LogP contribution in [-0.2, 0) is 0 Å². The summed E-state index contributed by atoms with van der Waals surface area (Å²) in [6.07, 6.45) is 6.68. The Hall–Kier alpha value is -0.0800. The number of hydrogen-bond acceptors (Lipinski definition) is 2. The maximum atomic E-state index is 5.64. The molecule has 1 fully saturated rings. The van der Waals surface area contributed by atoms with E-state index in [1.54, 1.807) is 0 Å². The molecular formula is C9H20N2. The van der Waals surface area contributed by atoms with E-state index in [0.717, 1.165) is 19.0 Å². The molecule has 1 atom stereocenters. The molecule has 3 N–H and O–H groups in total. The predicted molar refractivity (Wildman–Crippen MR) is 48.5 cm³/mol. The van der Waals surface area contributed by atoms with E-state index in [-0.39, 0.29) is 0 Å². The predicted octanol–water partition coefficient (Wildman–Crippen LogP) is 1.26. The Morgan fingerprint density at radius 1 is 1.45 bits per heavy atom. The minimum absolute atomic E-state index is 0.351. The van der Waals surface area contributed by atoms with E-state index in [1.807, 2.05) is 0 Å². The Balaban J connectivity index is 1.94. The molecule has 11 heavy (non-hydrogen) atoms. The van der Waals surface area contributed by atoms with Crippen LogP contribution in [-0.4, -0.2) is 18.6 Å². The molecule has 1 aliphatic carbocycles. The average Bonchev–Trinajstić information content (AvgIpc) is 2.39. The van der Waals surface area contributed by atoms with Crippen molar-refractivity contribution >= 4 is 0 Å². The summed E-state index contributed by atoms with van der Waals surface area (Å²) >= 11 is 0. The smallest absolute Gasteiger partial charge is 0.00670 e. The Kier molecular flexibility index (Phi) is 3.87. The van der Waals surface area contributed by atoms with Crippen molar-refractivity contribution in [2.75, 3.05) is 6.54 Å². The second-order valence-electron chi connectivity index (χ2n) is 3.70. The summed E-state index contributed by atoms with van der Waals surface area (Å²) < 4.78 is 0. The van der Waals surface area contributed by atoms with Gasteiger partial charge in [-0.05, 0) is 32.7 Å². The van der Waals surface area contributed by atoms with Crippen molar-refractivity contribution < 1.29 is 0 Å². The molecule has 66 valence electrons. The molecular weight excluding hydrogens is 136 g/mol. The standard InChI is InChI=1S/C9H20N2/c1-8(10)6-7-11-9-4-2-3-5-9/h8-9,11H,2-7,10H2,1H3. The SMILES string of the molecule is CC(N)CCNC1CCCC1. The lowest BCUT2D eigenvalue weighted by atomic mass is 10.2. The second-order valence-corrected chi connectivity index (χ2v) is 3.70. The molecule has 2 nitrogen and oxygen atoms in total. The van der Waals surface area contributed by atoms with Gasteiger partial charge in [0.05, 0.1) is 0 Å². The molecule has 0 aromatic rings. The van der Waals surface area contributed by atoms with Crippen LogP contribution in [0.2, 0.25) is 0 Å². The minimum Gasteiger partial charge on any atom is -0.328 e. The number of nitrogens with one attached hydrogen (secondary N) is 1. The van der Waals surface area contributed by atoms with Gasteiger partial charge < -0.3 is 11.1 Å². The first kappa shape index (κ1) is 9.01. The van der Waals surface area contributed by atoms with Crippen LogP contribution in [0.15, 0.2) is 0 Å². The third-order valence-corrected chi connectivity index (χ3v) is 2.39. The van der Waals surface area contributed by atoms with Gasteiger partial charge in [-0.1, -0.05) is 12.8 Å². The highest BCUT2D eigenvalue weighted by Crippen LogP contribution is 2.17. The molecule has 0 radical (unpaired) electrons. The molecule has 1 unspecified atom stereocenters. The van der Waals surface area contributed by atoms with Crippen molar-refractivity contribution in [3.05, 3.63) is 0 Å². The van der Waals surface area contributed by atoms with E-state index in [0.29, 0.717) is 6.04 Å². The van der Waals surface area contributed by atoms with Crippen molar-refractivity contribution in [2.45, 2.75) is 51.1 Å². The maximum absolute atomic E-state index is 5.64. The highest BCUT2D eigenvalue weighted by molar-refractivity contribution is 4.73. The summed E-state index contributed by atoms with van der Waals surface area (Å²) in [4.78, 5) is 0. The molecule has 2 heteroatoms. The van der Waals surface area contributed by atoms with Crippen molar-refractivity contribution in [2.24, 2.45) is 5.73 Å². The summed E-state index contributed by atoms with van der Waals surface area (Å²) in [6.45, 7) is 3.17. The molecule has 0 bridgehead atoms. The van der Waals surface area contributed by atoms with E-state index < -0.39 is 0 Å². The van der Waals surface area contributed by atoms with Gasteiger partial charge in [-0.2, -0.15) is 0 Å². The van der Waals surface area contributed by atoms with E-state index in [4.69, 9.17) is 5.73 Å². The second kappa shape index (κ2) is 4.73. The van der Waals surface area contributed by atoms with Crippen LogP contribution in [0, 0.1) is 0 Å². The fourth-order valence-corrected chi connectivity index (χ4v) is 1.65. The van der Waals surface area contributed by atoms with Gasteiger partial charge in [-0.15, -0.1) is 0 Å². The van der Waals surface area contributed by atoms with Gasteiger partial charge in [-0.3, -0.25) is 0 Å². The van der Waals surface area contributed by atoms with Crippen LogP contribution >= 0.6 is 0 Å². The number of nitrogens with two attached hydrogens (primary N) is 1. The third-order valence-electron chi connectivity index (χ3n) is 2.39. The van der Waals surface area contributed by atoms with Crippen molar-refractivity contribution in [1.29, 1.82) is 0 Å². The number of rotatable bonds is 4. The molecule has 1 saturated carbocycles. The van der Waals surface area contributed by atoms with Crippen molar-refractivity contribution in [3.8, 4) is 0 Å². The van der Waals surface area contributed by atoms with Crippen LogP contribution in [0.3, 0.4) is 0 Å². The third kappa shape index (κ3) is 3.73. The molecule has 1 aliphatic rings. The average molecular weight is 156 g/mol. The zero-order chi connectivity index (χ0) is 8.10. The largest absolute Gasteiger partial charge is 0.328 e. The molecule has 1 rings (SSSR count). The molecule has 0 amide bonds. The molecule has 0 spiro atoms. The molecule has 0 heterocycles. The van der Waals surface area contributed by atoms with E-state index in [2.05, 4.69) is 12.2 Å². The van der Waals surface area contributed by atoms with Crippen LogP contribution < -0.4 is 11.1 Å². The summed E-state index contributed by atoms with van der Waals surface area (Å²) in [5.41, 5.74) is 5.64. The first-order valence-electron chi connectivity index (χ1n) is 4.78. The first-order valence-corrected chi connectivity index (χ1v) is 4.78. The van der Waals surface area contributed by atoms with Gasteiger partial charge in [0.1, 0.15) is 0 Å². The molecule has 0 saturated heterocycles. The lowest BCUT2D eigenvalue weighted by molar-refractivity contribution is 0.496. The normalized spacial score (nSPS) is 22.4. The van der Waals surface area contributed by atoms with Gasteiger partial charge in [-0.25, -0.2) is 0 Å². The van der Waals surface area contributed by atoms with Crippen molar-refractivity contribution in [1.82, 2.24) is 5.32 Å². The highest BCUT2D eigenvalue weighted by atomic mass is 14.9. The van der Waals surface area contributed by atoms with E-state index in [9.17, 15) is 0 Å². The lowest BCUT2D eigenvalue weighted by Crippen LogP contribution is -2.30. The number of hydrogen-bond donors (Lipinski definition) is 2. The fourth-order valence-electron chi connectivity index (χ4n) is 1.65. The zero-order valence-electron chi connectivity index (χ0n) is 7.47. The monoisotopic (exact) mass is 156 g/mol. The summed E-state index contributed by atoms with van der Waals surface area (Å²) in [5, 5.41) is 3.53. The minimum atomic E-state index is 0.351. The molecule has 0 aliphatic heterocycles. The Bertz CT molecular complexity index is 95.7. The van der Waals surface area contributed by atoms with E-state index in [1.165, 1.54) is 25.7 Å². The van der Waals surface area contributed by atoms with Crippen LogP contribution in [0.1, 0.15) is 39.0 Å². The summed E-state index contributed by atoms with van der Waals surface area (Å²) in [7, 11) is 0. The Morgan fingerprint density at radius 2 is 2.09 bits per heavy atom. The van der Waals surface area contributed by atoms with Gasteiger partial charge in [0.2, 0.25) is 0 Å². The van der Waals surface area contributed by atoms with E-state index >= 15 is 0 Å².